The first-order chi connectivity index (χ1) is 12.0. The summed E-state index contributed by atoms with van der Waals surface area (Å²) in [6, 6.07) is 5.78. The molecule has 7 heteroatoms. The molecule has 136 valence electrons. The van der Waals surface area contributed by atoms with Gasteiger partial charge < -0.3 is 21.7 Å². The summed E-state index contributed by atoms with van der Waals surface area (Å²) in [6.45, 7) is 2.16. The monoisotopic (exact) mass is 346 g/mol. The molecule has 0 saturated carbocycles. The van der Waals surface area contributed by atoms with Crippen LogP contribution in [0.4, 0.5) is 5.69 Å². The minimum absolute atomic E-state index is 0.0142. The molecule has 0 aliphatic heterocycles. The predicted octanol–water partition coefficient (Wildman–Crippen LogP) is 0.795. The van der Waals surface area contributed by atoms with E-state index in [1.807, 2.05) is 18.2 Å². The number of rotatable bonds is 7. The van der Waals surface area contributed by atoms with Gasteiger partial charge in [-0.05, 0) is 42.5 Å². The molecule has 0 bridgehead atoms. The Kier molecular flexibility index (Phi) is 6.80. The van der Waals surface area contributed by atoms with Crippen LogP contribution in [0.25, 0.3) is 0 Å². The molecule has 0 spiro atoms. The van der Waals surface area contributed by atoms with E-state index in [-0.39, 0.29) is 36.6 Å². The first kappa shape index (κ1) is 18.8. The molecule has 7 nitrogen and oxygen atoms in total. The Morgan fingerprint density at radius 2 is 1.84 bits per heavy atom. The molecular formula is C18H26N4O3. The fraction of sp³-hybridized carbons (Fsp3) is 0.500. The third-order valence-corrected chi connectivity index (χ3v) is 4.22. The number of nitrogens with one attached hydrogen (secondary N) is 3. The fourth-order valence-electron chi connectivity index (χ4n) is 3.01. The second-order valence-electron chi connectivity index (χ2n) is 6.30. The van der Waals surface area contributed by atoms with Crippen molar-refractivity contribution >= 4 is 23.4 Å². The summed E-state index contributed by atoms with van der Waals surface area (Å²) < 4.78 is 0. The lowest BCUT2D eigenvalue weighted by atomic mass is 9.87. The Labute approximate surface area is 147 Å². The highest BCUT2D eigenvalue weighted by Crippen LogP contribution is 2.30. The largest absolute Gasteiger partial charge is 0.399 e. The number of carbonyl (C=O) groups excluding carboxylic acids is 3. The number of anilines is 1. The first-order valence-corrected chi connectivity index (χ1v) is 8.64. The summed E-state index contributed by atoms with van der Waals surface area (Å²) in [5.41, 5.74) is 8.87. The number of hydrogen-bond donors (Lipinski definition) is 4. The van der Waals surface area contributed by atoms with Crippen molar-refractivity contribution in [3.8, 4) is 0 Å². The molecule has 1 aromatic rings. The highest BCUT2D eigenvalue weighted by atomic mass is 16.2. The van der Waals surface area contributed by atoms with Gasteiger partial charge >= 0.3 is 0 Å². The molecule has 1 aliphatic rings. The molecule has 1 aromatic carbocycles. The van der Waals surface area contributed by atoms with E-state index in [0.717, 1.165) is 30.5 Å². The molecule has 5 N–H and O–H groups in total. The number of nitrogen functional groups attached to an aromatic ring is 1. The van der Waals surface area contributed by atoms with E-state index in [1.54, 1.807) is 0 Å². The summed E-state index contributed by atoms with van der Waals surface area (Å²) in [4.78, 5) is 34.6. The van der Waals surface area contributed by atoms with Crippen LogP contribution >= 0.6 is 0 Å². The second kappa shape index (κ2) is 9.05. The Morgan fingerprint density at radius 1 is 1.12 bits per heavy atom. The van der Waals surface area contributed by atoms with Gasteiger partial charge in [-0.15, -0.1) is 0 Å². The van der Waals surface area contributed by atoms with Crippen LogP contribution in [-0.2, 0) is 20.8 Å². The maximum Gasteiger partial charge on any atom is 0.220 e. The molecule has 0 saturated heterocycles. The molecule has 2 rings (SSSR count). The minimum Gasteiger partial charge on any atom is -0.399 e. The van der Waals surface area contributed by atoms with Crippen LogP contribution in [0.15, 0.2) is 18.2 Å². The van der Waals surface area contributed by atoms with Gasteiger partial charge in [-0.1, -0.05) is 6.07 Å². The molecule has 25 heavy (non-hydrogen) atoms. The van der Waals surface area contributed by atoms with Crippen LogP contribution in [0.1, 0.15) is 49.8 Å². The van der Waals surface area contributed by atoms with Crippen LogP contribution in [0.3, 0.4) is 0 Å². The van der Waals surface area contributed by atoms with Gasteiger partial charge in [-0.2, -0.15) is 0 Å². The number of nitrogens with two attached hydrogens (primary N) is 1. The van der Waals surface area contributed by atoms with E-state index in [0.29, 0.717) is 13.1 Å². The lowest BCUT2D eigenvalue weighted by Gasteiger charge is -2.26. The zero-order chi connectivity index (χ0) is 18.2. The maximum absolute atomic E-state index is 12.1. The van der Waals surface area contributed by atoms with Gasteiger partial charge in [0.25, 0.3) is 0 Å². The minimum atomic E-state index is -0.197. The van der Waals surface area contributed by atoms with Gasteiger partial charge in [0.15, 0.2) is 0 Å². The normalized spacial score (nSPS) is 15.8. The molecule has 1 atom stereocenters. The van der Waals surface area contributed by atoms with Crippen LogP contribution in [0.2, 0.25) is 0 Å². The second-order valence-corrected chi connectivity index (χ2v) is 6.30. The van der Waals surface area contributed by atoms with Crippen molar-refractivity contribution in [3.63, 3.8) is 0 Å². The summed E-state index contributed by atoms with van der Waals surface area (Å²) in [5, 5.41) is 8.28. The number of benzene rings is 1. The van der Waals surface area contributed by atoms with Crippen molar-refractivity contribution in [2.24, 2.45) is 0 Å². The zero-order valence-electron chi connectivity index (χ0n) is 14.6. The molecule has 0 fully saturated rings. The lowest BCUT2D eigenvalue weighted by molar-refractivity contribution is -0.126. The number of hydrogen-bond acceptors (Lipinski definition) is 4. The molecule has 3 amide bonds. The standard InChI is InChI=1S/C18H26N4O3/c1-12(23)20-9-10-21-17(24)7-8-18(25)22-16-4-2-3-13-11-14(19)5-6-15(13)16/h5-6,11,16H,2-4,7-10,19H2,1H3,(H,20,23)(H,21,24)(H,22,25). The smallest absolute Gasteiger partial charge is 0.220 e. The third kappa shape index (κ3) is 6.10. The zero-order valence-corrected chi connectivity index (χ0v) is 14.6. The number of amides is 3. The van der Waals surface area contributed by atoms with Gasteiger partial charge in [0.05, 0.1) is 6.04 Å². The van der Waals surface area contributed by atoms with Gasteiger partial charge in [0, 0.05) is 38.5 Å². The van der Waals surface area contributed by atoms with Gasteiger partial charge in [0.2, 0.25) is 17.7 Å². The Hall–Kier alpha value is -2.57. The lowest BCUT2D eigenvalue weighted by Crippen LogP contribution is -2.35. The van der Waals surface area contributed by atoms with Crippen molar-refractivity contribution in [3.05, 3.63) is 29.3 Å². The SMILES string of the molecule is CC(=O)NCCNC(=O)CCC(=O)NC1CCCc2cc(N)ccc21. The summed E-state index contributed by atoms with van der Waals surface area (Å²) >= 11 is 0. The fourth-order valence-corrected chi connectivity index (χ4v) is 3.01. The number of fused-ring (bicyclic) bond motifs is 1. The topological polar surface area (TPSA) is 113 Å². The predicted molar refractivity (Wildman–Crippen MR) is 95.6 cm³/mol. The van der Waals surface area contributed by atoms with E-state index >= 15 is 0 Å². The van der Waals surface area contributed by atoms with Gasteiger partial charge in [0.1, 0.15) is 0 Å². The Bertz CT molecular complexity index is 645. The van der Waals surface area contributed by atoms with E-state index in [9.17, 15) is 14.4 Å². The Morgan fingerprint density at radius 3 is 2.60 bits per heavy atom. The van der Waals surface area contributed by atoms with Crippen molar-refractivity contribution in [1.82, 2.24) is 16.0 Å². The van der Waals surface area contributed by atoms with E-state index in [4.69, 9.17) is 5.73 Å². The highest BCUT2D eigenvalue weighted by Gasteiger charge is 2.22. The van der Waals surface area contributed by atoms with Gasteiger partial charge in [-0.3, -0.25) is 14.4 Å². The van der Waals surface area contributed by atoms with Crippen LogP contribution in [0.5, 0.6) is 0 Å². The van der Waals surface area contributed by atoms with Crippen LogP contribution in [-0.4, -0.2) is 30.8 Å². The molecule has 0 aromatic heterocycles. The van der Waals surface area contributed by atoms with Crippen molar-refractivity contribution in [2.75, 3.05) is 18.8 Å². The van der Waals surface area contributed by atoms with E-state index < -0.39 is 0 Å². The van der Waals surface area contributed by atoms with Crippen molar-refractivity contribution in [2.45, 2.75) is 45.1 Å². The van der Waals surface area contributed by atoms with Crippen molar-refractivity contribution in [1.29, 1.82) is 0 Å². The summed E-state index contributed by atoms with van der Waals surface area (Å²) in [5.74, 6) is -0.466. The van der Waals surface area contributed by atoms with Crippen molar-refractivity contribution < 1.29 is 14.4 Å². The first-order valence-electron chi connectivity index (χ1n) is 8.64. The highest BCUT2D eigenvalue weighted by molar-refractivity contribution is 5.84. The summed E-state index contributed by atoms with van der Waals surface area (Å²) in [7, 11) is 0. The number of carbonyl (C=O) groups is 3. The summed E-state index contributed by atoms with van der Waals surface area (Å²) in [6.07, 6.45) is 3.15. The molecular weight excluding hydrogens is 320 g/mol. The average Bonchev–Trinajstić information content (AvgIpc) is 2.56. The van der Waals surface area contributed by atoms with E-state index in [1.165, 1.54) is 12.5 Å². The average molecular weight is 346 g/mol. The number of aryl methyl sites for hydroxylation is 1. The van der Waals surface area contributed by atoms with Crippen LogP contribution < -0.4 is 21.7 Å². The molecule has 0 heterocycles. The molecule has 0 radical (unpaired) electrons. The van der Waals surface area contributed by atoms with E-state index in [2.05, 4.69) is 16.0 Å². The van der Waals surface area contributed by atoms with Crippen LogP contribution in [0, 0.1) is 0 Å². The Balaban J connectivity index is 1.74. The molecule has 1 unspecified atom stereocenters. The third-order valence-electron chi connectivity index (χ3n) is 4.22. The van der Waals surface area contributed by atoms with Gasteiger partial charge in [-0.25, -0.2) is 0 Å². The quantitative estimate of drug-likeness (QED) is 0.432. The molecule has 1 aliphatic carbocycles. The maximum atomic E-state index is 12.1.